The van der Waals surface area contributed by atoms with Crippen LogP contribution in [0.3, 0.4) is 0 Å². The van der Waals surface area contributed by atoms with Crippen molar-refractivity contribution in [2.75, 3.05) is 26.7 Å². The van der Waals surface area contributed by atoms with E-state index in [1.165, 1.54) is 0 Å². The number of nitrogens with zero attached hydrogens (tertiary/aromatic N) is 3. The van der Waals surface area contributed by atoms with E-state index in [4.69, 9.17) is 9.47 Å². The van der Waals surface area contributed by atoms with Crippen molar-refractivity contribution in [1.82, 2.24) is 13.6 Å². The lowest BCUT2D eigenvalue weighted by Crippen LogP contribution is -2.21. The Morgan fingerprint density at radius 1 is 1.41 bits per heavy atom. The highest BCUT2D eigenvalue weighted by atomic mass is 32.1. The zero-order valence-electron chi connectivity index (χ0n) is 10.4. The van der Waals surface area contributed by atoms with Gasteiger partial charge < -0.3 is 14.4 Å². The van der Waals surface area contributed by atoms with E-state index in [-0.39, 0.29) is 6.10 Å². The fourth-order valence-electron chi connectivity index (χ4n) is 1.79. The summed E-state index contributed by atoms with van der Waals surface area (Å²) in [5.74, 6) is 1.12. The Kier molecular flexibility index (Phi) is 4.56. The van der Waals surface area contributed by atoms with Crippen molar-refractivity contribution in [3.8, 4) is 11.8 Å². The maximum Gasteiger partial charge on any atom is 0.291 e. The zero-order chi connectivity index (χ0) is 12.1. The summed E-state index contributed by atoms with van der Waals surface area (Å²) >= 11 is 1.14. The van der Waals surface area contributed by atoms with Crippen molar-refractivity contribution in [2.45, 2.75) is 32.3 Å². The molecule has 6 heteroatoms. The van der Waals surface area contributed by atoms with Gasteiger partial charge >= 0.3 is 0 Å². The van der Waals surface area contributed by atoms with E-state index in [0.29, 0.717) is 18.4 Å². The van der Waals surface area contributed by atoms with Crippen molar-refractivity contribution in [3.63, 3.8) is 0 Å². The first-order valence-corrected chi connectivity index (χ1v) is 6.83. The molecule has 1 aromatic rings. The lowest BCUT2D eigenvalue weighted by atomic mass is 10.3. The first kappa shape index (κ1) is 12.6. The molecule has 0 N–H and O–H groups in total. The summed E-state index contributed by atoms with van der Waals surface area (Å²) in [4.78, 5) is 2.25. The molecule has 1 saturated heterocycles. The molecular formula is C11H19N3O2S. The van der Waals surface area contributed by atoms with E-state index in [9.17, 15) is 0 Å². The summed E-state index contributed by atoms with van der Waals surface area (Å²) in [5, 5.41) is 0. The SMILES string of the molecule is CCCCOc1nsnc1OC1CCN(C)C1. The summed E-state index contributed by atoms with van der Waals surface area (Å²) < 4.78 is 19.6. The predicted molar refractivity (Wildman–Crippen MR) is 66.8 cm³/mol. The Morgan fingerprint density at radius 3 is 2.94 bits per heavy atom. The monoisotopic (exact) mass is 257 g/mol. The van der Waals surface area contributed by atoms with Gasteiger partial charge in [-0.3, -0.25) is 0 Å². The molecule has 0 aromatic carbocycles. The van der Waals surface area contributed by atoms with Gasteiger partial charge in [0.25, 0.3) is 11.8 Å². The third kappa shape index (κ3) is 3.54. The highest BCUT2D eigenvalue weighted by Crippen LogP contribution is 2.26. The third-order valence-corrected chi connectivity index (χ3v) is 3.29. The summed E-state index contributed by atoms with van der Waals surface area (Å²) in [6.07, 6.45) is 3.41. The second-order valence-electron chi connectivity index (χ2n) is 4.37. The van der Waals surface area contributed by atoms with Gasteiger partial charge in [0.05, 0.1) is 18.3 Å². The van der Waals surface area contributed by atoms with E-state index < -0.39 is 0 Å². The molecule has 5 nitrogen and oxygen atoms in total. The van der Waals surface area contributed by atoms with E-state index in [0.717, 1.165) is 44.1 Å². The lowest BCUT2D eigenvalue weighted by molar-refractivity contribution is 0.186. The number of likely N-dealkylation sites (tertiary alicyclic amines) is 1. The van der Waals surface area contributed by atoms with Gasteiger partial charge in [0, 0.05) is 13.1 Å². The zero-order valence-corrected chi connectivity index (χ0v) is 11.2. The molecule has 0 amide bonds. The van der Waals surface area contributed by atoms with Gasteiger partial charge in [-0.15, -0.1) is 8.75 Å². The standard InChI is InChI=1S/C11H19N3O2S/c1-3-4-7-15-10-11(13-17-12-10)16-9-5-6-14(2)8-9/h9H,3-8H2,1-2H3. The maximum absolute atomic E-state index is 5.82. The van der Waals surface area contributed by atoms with E-state index in [1.807, 2.05) is 0 Å². The number of aromatic nitrogens is 2. The van der Waals surface area contributed by atoms with Crippen LogP contribution in [-0.4, -0.2) is 46.5 Å². The molecule has 0 bridgehead atoms. The Balaban J connectivity index is 1.85. The van der Waals surface area contributed by atoms with E-state index in [1.54, 1.807) is 0 Å². The molecule has 96 valence electrons. The third-order valence-electron chi connectivity index (χ3n) is 2.79. The Hall–Kier alpha value is -0.880. The number of unbranched alkanes of at least 4 members (excludes halogenated alkanes) is 1. The number of likely N-dealkylation sites (N-methyl/N-ethyl adjacent to an activating group) is 1. The first-order chi connectivity index (χ1) is 8.29. The highest BCUT2D eigenvalue weighted by molar-refractivity contribution is 6.99. The topological polar surface area (TPSA) is 47.5 Å². The molecule has 1 unspecified atom stereocenters. The fourth-order valence-corrected chi connectivity index (χ4v) is 2.24. The first-order valence-electron chi connectivity index (χ1n) is 6.10. The minimum atomic E-state index is 0.220. The quantitative estimate of drug-likeness (QED) is 0.727. The van der Waals surface area contributed by atoms with Gasteiger partial charge in [-0.05, 0) is 19.9 Å². The smallest absolute Gasteiger partial charge is 0.291 e. The van der Waals surface area contributed by atoms with Crippen LogP contribution < -0.4 is 9.47 Å². The average Bonchev–Trinajstić information content (AvgIpc) is 2.90. The Labute approximate surface area is 106 Å². The summed E-state index contributed by atoms with van der Waals surface area (Å²) in [5.41, 5.74) is 0. The Bertz CT molecular complexity index is 345. The highest BCUT2D eigenvalue weighted by Gasteiger charge is 2.23. The van der Waals surface area contributed by atoms with Crippen LogP contribution in [-0.2, 0) is 0 Å². The van der Waals surface area contributed by atoms with Crippen LogP contribution in [0.15, 0.2) is 0 Å². The van der Waals surface area contributed by atoms with Crippen LogP contribution in [0.5, 0.6) is 11.8 Å². The summed E-state index contributed by atoms with van der Waals surface area (Å²) in [6, 6.07) is 0. The molecule has 0 radical (unpaired) electrons. The molecule has 1 aliphatic heterocycles. The van der Waals surface area contributed by atoms with Crippen molar-refractivity contribution in [2.24, 2.45) is 0 Å². The van der Waals surface area contributed by atoms with Gasteiger partial charge in [-0.2, -0.15) is 0 Å². The molecular weight excluding hydrogens is 238 g/mol. The van der Waals surface area contributed by atoms with Gasteiger partial charge in [-0.25, -0.2) is 0 Å². The molecule has 1 fully saturated rings. The number of hydrogen-bond acceptors (Lipinski definition) is 6. The number of hydrogen-bond donors (Lipinski definition) is 0. The van der Waals surface area contributed by atoms with Crippen molar-refractivity contribution in [1.29, 1.82) is 0 Å². The number of ether oxygens (including phenoxy) is 2. The van der Waals surface area contributed by atoms with Crippen LogP contribution in [0.1, 0.15) is 26.2 Å². The second kappa shape index (κ2) is 6.16. The molecule has 1 aromatic heterocycles. The molecule has 0 aliphatic carbocycles. The van der Waals surface area contributed by atoms with Crippen LogP contribution >= 0.6 is 11.7 Å². The minimum absolute atomic E-state index is 0.220. The Morgan fingerprint density at radius 2 is 2.24 bits per heavy atom. The normalized spacial score (nSPS) is 20.7. The van der Waals surface area contributed by atoms with Gasteiger partial charge in [-0.1, -0.05) is 13.3 Å². The van der Waals surface area contributed by atoms with Crippen molar-refractivity contribution < 1.29 is 9.47 Å². The summed E-state index contributed by atoms with van der Waals surface area (Å²) in [7, 11) is 2.10. The second-order valence-corrected chi connectivity index (χ2v) is 4.90. The summed E-state index contributed by atoms with van der Waals surface area (Å²) in [6.45, 7) is 4.84. The molecule has 1 aliphatic rings. The predicted octanol–water partition coefficient (Wildman–Crippen LogP) is 1.80. The molecule has 2 rings (SSSR count). The van der Waals surface area contributed by atoms with Gasteiger partial charge in [0.1, 0.15) is 6.10 Å². The van der Waals surface area contributed by atoms with Crippen LogP contribution in [0.4, 0.5) is 0 Å². The molecule has 17 heavy (non-hydrogen) atoms. The van der Waals surface area contributed by atoms with E-state index in [2.05, 4.69) is 27.6 Å². The molecule has 0 saturated carbocycles. The van der Waals surface area contributed by atoms with Crippen LogP contribution in [0.2, 0.25) is 0 Å². The fraction of sp³-hybridized carbons (Fsp3) is 0.818. The van der Waals surface area contributed by atoms with Crippen molar-refractivity contribution in [3.05, 3.63) is 0 Å². The minimum Gasteiger partial charge on any atom is -0.473 e. The van der Waals surface area contributed by atoms with Gasteiger partial charge in [0.2, 0.25) is 0 Å². The molecule has 0 spiro atoms. The largest absolute Gasteiger partial charge is 0.473 e. The average molecular weight is 257 g/mol. The van der Waals surface area contributed by atoms with E-state index >= 15 is 0 Å². The molecule has 2 heterocycles. The van der Waals surface area contributed by atoms with Crippen LogP contribution in [0, 0.1) is 0 Å². The molecule has 1 atom stereocenters. The van der Waals surface area contributed by atoms with Crippen LogP contribution in [0.25, 0.3) is 0 Å². The number of rotatable bonds is 6. The van der Waals surface area contributed by atoms with Crippen molar-refractivity contribution >= 4 is 11.7 Å². The van der Waals surface area contributed by atoms with Gasteiger partial charge in [0.15, 0.2) is 0 Å². The lowest BCUT2D eigenvalue weighted by Gasteiger charge is -2.12. The maximum atomic E-state index is 5.82.